The topological polar surface area (TPSA) is 159 Å². The predicted molar refractivity (Wildman–Crippen MR) is 142 cm³/mol. The van der Waals surface area contributed by atoms with E-state index in [1.54, 1.807) is 57.2 Å². The van der Waals surface area contributed by atoms with Crippen LogP contribution in [0.2, 0.25) is 0 Å². The standard InChI is InChI=1S/C27H30FN5O5/c1-4-37-22-13-19(20(28)14-23(22)38-15(2)3)24(31-17-11-9-16(10-12-17)25(29)30)26(34)33-32-21-8-6-5-7-18(21)27(35)36/h5-15,24,31-32H,4H2,1-3H3,(H3,29,30)(H,33,34)(H,35,36). The molecule has 0 saturated carbocycles. The van der Waals surface area contributed by atoms with Crippen LogP contribution in [0.3, 0.4) is 0 Å². The average molecular weight is 524 g/mol. The summed E-state index contributed by atoms with van der Waals surface area (Å²) < 4.78 is 26.8. The quantitative estimate of drug-likeness (QED) is 0.117. The minimum Gasteiger partial charge on any atom is -0.490 e. The number of halogens is 1. The summed E-state index contributed by atoms with van der Waals surface area (Å²) in [5.41, 5.74) is 11.6. The van der Waals surface area contributed by atoms with Crippen LogP contribution in [-0.2, 0) is 4.79 Å². The van der Waals surface area contributed by atoms with E-state index < -0.39 is 23.7 Å². The van der Waals surface area contributed by atoms with Crippen LogP contribution < -0.4 is 31.4 Å². The Bertz CT molecular complexity index is 1310. The summed E-state index contributed by atoms with van der Waals surface area (Å²) in [4.78, 5) is 24.9. The van der Waals surface area contributed by atoms with E-state index in [0.29, 0.717) is 11.3 Å². The molecular formula is C27H30FN5O5. The number of nitrogens with one attached hydrogen (secondary N) is 4. The number of benzene rings is 3. The van der Waals surface area contributed by atoms with Gasteiger partial charge in [0, 0.05) is 22.9 Å². The number of ether oxygens (including phenoxy) is 2. The molecule has 10 nitrogen and oxygen atoms in total. The lowest BCUT2D eigenvalue weighted by molar-refractivity contribution is -0.121. The van der Waals surface area contributed by atoms with Crippen molar-refractivity contribution in [3.8, 4) is 11.5 Å². The molecule has 0 saturated heterocycles. The summed E-state index contributed by atoms with van der Waals surface area (Å²) in [5, 5.41) is 20.0. The third-order valence-electron chi connectivity index (χ3n) is 5.28. The van der Waals surface area contributed by atoms with Crippen molar-refractivity contribution >= 4 is 29.1 Å². The molecule has 0 heterocycles. The van der Waals surface area contributed by atoms with Crippen LogP contribution >= 0.6 is 0 Å². The first kappa shape index (κ1) is 27.8. The lowest BCUT2D eigenvalue weighted by atomic mass is 10.0. The molecule has 0 radical (unpaired) electrons. The van der Waals surface area contributed by atoms with E-state index in [1.807, 2.05) is 0 Å². The van der Waals surface area contributed by atoms with Gasteiger partial charge in [-0.05, 0) is 63.2 Å². The molecule has 0 fully saturated rings. The zero-order chi connectivity index (χ0) is 27.8. The molecule has 3 rings (SSSR count). The van der Waals surface area contributed by atoms with Crippen molar-refractivity contribution in [1.29, 1.82) is 5.41 Å². The van der Waals surface area contributed by atoms with E-state index in [0.717, 1.165) is 6.07 Å². The Balaban J connectivity index is 1.99. The van der Waals surface area contributed by atoms with Gasteiger partial charge in [0.15, 0.2) is 11.5 Å². The maximum Gasteiger partial charge on any atom is 0.337 e. The summed E-state index contributed by atoms with van der Waals surface area (Å²) in [6, 6.07) is 13.7. The number of amidine groups is 1. The highest BCUT2D eigenvalue weighted by molar-refractivity contribution is 5.96. The maximum atomic E-state index is 15.4. The summed E-state index contributed by atoms with van der Waals surface area (Å²) in [7, 11) is 0. The summed E-state index contributed by atoms with van der Waals surface area (Å²) in [6.45, 7) is 5.64. The van der Waals surface area contributed by atoms with Crippen LogP contribution in [-0.4, -0.2) is 35.5 Å². The fraction of sp³-hybridized carbons (Fsp3) is 0.222. The predicted octanol–water partition coefficient (Wildman–Crippen LogP) is 4.29. The number of nitrogen functional groups attached to an aromatic ring is 1. The smallest absolute Gasteiger partial charge is 0.337 e. The number of carboxylic acids is 1. The van der Waals surface area contributed by atoms with Gasteiger partial charge in [0.05, 0.1) is 24.0 Å². The number of carbonyl (C=O) groups is 2. The van der Waals surface area contributed by atoms with Crippen LogP contribution in [0.15, 0.2) is 60.7 Å². The highest BCUT2D eigenvalue weighted by Gasteiger charge is 2.27. The molecule has 3 aromatic rings. The average Bonchev–Trinajstić information content (AvgIpc) is 2.87. The lowest BCUT2D eigenvalue weighted by Gasteiger charge is -2.23. The van der Waals surface area contributed by atoms with Gasteiger partial charge in [-0.1, -0.05) is 12.1 Å². The largest absolute Gasteiger partial charge is 0.490 e. The van der Waals surface area contributed by atoms with Gasteiger partial charge in [-0.25, -0.2) is 9.18 Å². The molecule has 7 N–H and O–H groups in total. The highest BCUT2D eigenvalue weighted by atomic mass is 19.1. The van der Waals surface area contributed by atoms with Gasteiger partial charge in [-0.3, -0.25) is 21.1 Å². The number of carboxylic acid groups (broad SMARTS) is 1. The van der Waals surface area contributed by atoms with Gasteiger partial charge in [0.25, 0.3) is 5.91 Å². The van der Waals surface area contributed by atoms with Gasteiger partial charge in [0.1, 0.15) is 17.7 Å². The SMILES string of the molecule is CCOc1cc(C(Nc2ccc(C(=N)N)cc2)C(=O)NNc2ccccc2C(=O)O)c(F)cc1OC(C)C. The second-order valence-corrected chi connectivity index (χ2v) is 8.45. The number of hydrogen-bond acceptors (Lipinski definition) is 7. The molecule has 0 aliphatic rings. The first-order valence-corrected chi connectivity index (χ1v) is 11.8. The third kappa shape index (κ3) is 6.90. The number of hydrogen-bond donors (Lipinski definition) is 6. The molecule has 200 valence electrons. The van der Waals surface area contributed by atoms with Gasteiger partial charge >= 0.3 is 5.97 Å². The molecule has 0 aromatic heterocycles. The molecule has 0 aliphatic carbocycles. The first-order valence-electron chi connectivity index (χ1n) is 11.8. The van der Waals surface area contributed by atoms with Crippen molar-refractivity contribution in [3.63, 3.8) is 0 Å². The fourth-order valence-electron chi connectivity index (χ4n) is 3.56. The van der Waals surface area contributed by atoms with Crippen LogP contribution in [0.25, 0.3) is 0 Å². The Morgan fingerprint density at radius 3 is 2.37 bits per heavy atom. The normalized spacial score (nSPS) is 11.4. The number of anilines is 2. The lowest BCUT2D eigenvalue weighted by Crippen LogP contribution is -2.38. The van der Waals surface area contributed by atoms with Crippen molar-refractivity contribution in [1.82, 2.24) is 5.43 Å². The maximum absolute atomic E-state index is 15.4. The fourth-order valence-corrected chi connectivity index (χ4v) is 3.56. The van der Waals surface area contributed by atoms with Gasteiger partial charge in [-0.15, -0.1) is 0 Å². The molecule has 1 atom stereocenters. The molecule has 0 aliphatic heterocycles. The minimum absolute atomic E-state index is 0.0361. The van der Waals surface area contributed by atoms with Crippen molar-refractivity contribution < 1.29 is 28.6 Å². The molecule has 11 heteroatoms. The van der Waals surface area contributed by atoms with Crippen LogP contribution in [0.4, 0.5) is 15.8 Å². The van der Waals surface area contributed by atoms with E-state index in [4.69, 9.17) is 20.6 Å². The summed E-state index contributed by atoms with van der Waals surface area (Å²) in [5.74, 6) is -2.28. The Morgan fingerprint density at radius 2 is 1.76 bits per heavy atom. The molecule has 3 aromatic carbocycles. The molecule has 0 bridgehead atoms. The van der Waals surface area contributed by atoms with Crippen LogP contribution in [0.5, 0.6) is 11.5 Å². The molecule has 38 heavy (non-hydrogen) atoms. The minimum atomic E-state index is -1.28. The number of carbonyl (C=O) groups excluding carboxylic acids is 1. The second kappa shape index (κ2) is 12.4. The van der Waals surface area contributed by atoms with E-state index in [2.05, 4.69) is 16.2 Å². The Labute approximate surface area is 219 Å². The number of aromatic carboxylic acids is 1. The molecule has 1 amide bonds. The van der Waals surface area contributed by atoms with Crippen LogP contribution in [0, 0.1) is 11.2 Å². The van der Waals surface area contributed by atoms with Gasteiger partial charge in [0.2, 0.25) is 0 Å². The second-order valence-electron chi connectivity index (χ2n) is 8.45. The highest BCUT2D eigenvalue weighted by Crippen LogP contribution is 2.35. The summed E-state index contributed by atoms with van der Waals surface area (Å²) in [6.07, 6.45) is -0.241. The van der Waals surface area contributed by atoms with E-state index in [-0.39, 0.29) is 46.9 Å². The van der Waals surface area contributed by atoms with E-state index in [1.165, 1.54) is 18.2 Å². The van der Waals surface area contributed by atoms with Crippen molar-refractivity contribution in [2.24, 2.45) is 5.73 Å². The van der Waals surface area contributed by atoms with E-state index in [9.17, 15) is 14.7 Å². The molecule has 1 unspecified atom stereocenters. The monoisotopic (exact) mass is 523 g/mol. The van der Waals surface area contributed by atoms with E-state index >= 15 is 4.39 Å². The Kier molecular flexibility index (Phi) is 9.09. The Hall–Kier alpha value is -4.80. The molecular weight excluding hydrogens is 493 g/mol. The van der Waals surface area contributed by atoms with Crippen molar-refractivity contribution in [2.45, 2.75) is 32.9 Å². The van der Waals surface area contributed by atoms with Crippen LogP contribution in [0.1, 0.15) is 48.3 Å². The number of nitrogens with two attached hydrogens (primary N) is 1. The first-order chi connectivity index (χ1) is 18.1. The zero-order valence-electron chi connectivity index (χ0n) is 21.2. The van der Waals surface area contributed by atoms with Gasteiger partial charge in [-0.2, -0.15) is 0 Å². The third-order valence-corrected chi connectivity index (χ3v) is 5.28. The Morgan fingerprint density at radius 1 is 1.08 bits per heavy atom. The molecule has 0 spiro atoms. The van der Waals surface area contributed by atoms with Crippen molar-refractivity contribution in [3.05, 3.63) is 83.2 Å². The van der Waals surface area contributed by atoms with Crippen molar-refractivity contribution in [2.75, 3.05) is 17.3 Å². The zero-order valence-corrected chi connectivity index (χ0v) is 21.2. The number of amides is 1. The number of para-hydroxylation sites is 1. The van der Waals surface area contributed by atoms with Gasteiger partial charge < -0.3 is 25.6 Å². The summed E-state index contributed by atoms with van der Waals surface area (Å²) >= 11 is 0. The number of hydrazine groups is 1. The number of rotatable bonds is 12.